The van der Waals surface area contributed by atoms with Crippen LogP contribution >= 0.6 is 11.6 Å². The molecular formula is C18H17ClN4O3S. The minimum Gasteiger partial charge on any atom is -0.493 e. The minimum absolute atomic E-state index is 0.0274. The Morgan fingerprint density at radius 1 is 1.41 bits per heavy atom. The van der Waals surface area contributed by atoms with Crippen LogP contribution in [0.4, 0.5) is 0 Å². The van der Waals surface area contributed by atoms with Crippen molar-refractivity contribution >= 4 is 27.0 Å². The van der Waals surface area contributed by atoms with Crippen molar-refractivity contribution in [2.75, 3.05) is 6.26 Å². The molecule has 2 aromatic rings. The first kappa shape index (κ1) is 20.4. The molecule has 0 aliphatic rings. The van der Waals surface area contributed by atoms with Gasteiger partial charge in [0, 0.05) is 12.5 Å². The van der Waals surface area contributed by atoms with E-state index in [0.717, 1.165) is 22.7 Å². The van der Waals surface area contributed by atoms with E-state index in [-0.39, 0.29) is 21.6 Å². The number of halogens is 1. The maximum Gasteiger partial charge on any atom is 0.223 e. The average Bonchev–Trinajstić information content (AvgIpc) is 2.99. The van der Waals surface area contributed by atoms with Gasteiger partial charge in [-0.05, 0) is 37.1 Å². The first-order valence-corrected chi connectivity index (χ1v) is 9.92. The van der Waals surface area contributed by atoms with Crippen LogP contribution in [0.15, 0.2) is 53.2 Å². The number of aromatic hydroxyl groups is 1. The lowest BCUT2D eigenvalue weighted by Gasteiger charge is -2.08. The summed E-state index contributed by atoms with van der Waals surface area (Å²) in [6.45, 7) is 7.13. The summed E-state index contributed by atoms with van der Waals surface area (Å²) in [5, 5.41) is 23.7. The number of sulfone groups is 1. The molecule has 0 saturated heterocycles. The highest BCUT2D eigenvalue weighted by atomic mass is 35.5. The SMILES string of the molecule is C=C/C(C#N)=C\C(C)=C(/C)c1cnn(-c2ncc(S(C)(=O)=O)cc2Cl)c1O. The van der Waals surface area contributed by atoms with Gasteiger partial charge in [-0.15, -0.1) is 0 Å². The number of hydrogen-bond acceptors (Lipinski definition) is 6. The second-order valence-electron chi connectivity index (χ2n) is 5.77. The van der Waals surface area contributed by atoms with Crippen LogP contribution in [0.2, 0.25) is 5.02 Å². The number of pyridine rings is 1. The molecule has 0 unspecified atom stereocenters. The predicted molar refractivity (Wildman–Crippen MR) is 103 cm³/mol. The Balaban J connectivity index is 2.54. The first-order valence-electron chi connectivity index (χ1n) is 7.65. The van der Waals surface area contributed by atoms with Crippen LogP contribution in [0, 0.1) is 11.3 Å². The molecule has 0 fully saturated rings. The Labute approximate surface area is 162 Å². The van der Waals surface area contributed by atoms with Crippen LogP contribution in [0.25, 0.3) is 11.4 Å². The molecule has 0 aliphatic carbocycles. The number of allylic oxidation sites excluding steroid dienone is 5. The van der Waals surface area contributed by atoms with E-state index in [1.807, 2.05) is 6.07 Å². The fourth-order valence-electron chi connectivity index (χ4n) is 2.22. The molecule has 0 aromatic carbocycles. The lowest BCUT2D eigenvalue weighted by Crippen LogP contribution is -2.04. The zero-order valence-corrected chi connectivity index (χ0v) is 16.5. The maximum atomic E-state index is 11.6. The summed E-state index contributed by atoms with van der Waals surface area (Å²) in [5.41, 5.74) is 2.25. The van der Waals surface area contributed by atoms with Crippen LogP contribution in [0.5, 0.6) is 5.88 Å². The Morgan fingerprint density at radius 2 is 2.07 bits per heavy atom. The number of rotatable bonds is 5. The van der Waals surface area contributed by atoms with E-state index < -0.39 is 9.84 Å². The predicted octanol–water partition coefficient (Wildman–Crippen LogP) is 3.46. The van der Waals surface area contributed by atoms with Gasteiger partial charge in [0.15, 0.2) is 15.7 Å². The molecule has 0 radical (unpaired) electrons. The molecule has 0 saturated carbocycles. The van der Waals surface area contributed by atoms with E-state index in [1.54, 1.807) is 19.9 Å². The topological polar surface area (TPSA) is 109 Å². The molecule has 27 heavy (non-hydrogen) atoms. The highest BCUT2D eigenvalue weighted by Gasteiger charge is 2.18. The van der Waals surface area contributed by atoms with Gasteiger partial charge in [-0.25, -0.2) is 13.4 Å². The van der Waals surface area contributed by atoms with Gasteiger partial charge in [0.2, 0.25) is 5.88 Å². The summed E-state index contributed by atoms with van der Waals surface area (Å²) in [6.07, 6.45) is 6.72. The third-order valence-corrected chi connectivity index (χ3v) is 5.24. The summed E-state index contributed by atoms with van der Waals surface area (Å²) >= 11 is 6.13. The van der Waals surface area contributed by atoms with Crippen molar-refractivity contribution in [1.82, 2.24) is 14.8 Å². The van der Waals surface area contributed by atoms with Crippen LogP contribution < -0.4 is 0 Å². The van der Waals surface area contributed by atoms with Gasteiger partial charge in [0.1, 0.15) is 0 Å². The van der Waals surface area contributed by atoms with Crippen LogP contribution in [0.3, 0.4) is 0 Å². The highest BCUT2D eigenvalue weighted by molar-refractivity contribution is 7.90. The molecular weight excluding hydrogens is 388 g/mol. The molecule has 0 amide bonds. The van der Waals surface area contributed by atoms with Gasteiger partial charge in [-0.2, -0.15) is 15.0 Å². The van der Waals surface area contributed by atoms with Crippen molar-refractivity contribution in [3.63, 3.8) is 0 Å². The second-order valence-corrected chi connectivity index (χ2v) is 8.19. The summed E-state index contributed by atoms with van der Waals surface area (Å²) in [7, 11) is -3.46. The fraction of sp³-hybridized carbons (Fsp3) is 0.167. The van der Waals surface area contributed by atoms with Crippen molar-refractivity contribution < 1.29 is 13.5 Å². The van der Waals surface area contributed by atoms with Crippen molar-refractivity contribution in [2.45, 2.75) is 18.7 Å². The molecule has 2 heterocycles. The Bertz CT molecular complexity index is 1120. The molecule has 0 atom stereocenters. The normalized spacial score (nSPS) is 13.1. The Morgan fingerprint density at radius 3 is 2.59 bits per heavy atom. The average molecular weight is 405 g/mol. The number of nitriles is 1. The minimum atomic E-state index is -3.46. The summed E-state index contributed by atoms with van der Waals surface area (Å²) in [6, 6.07) is 3.26. The summed E-state index contributed by atoms with van der Waals surface area (Å²) < 4.78 is 24.3. The molecule has 140 valence electrons. The van der Waals surface area contributed by atoms with Gasteiger partial charge in [-0.3, -0.25) is 0 Å². The second kappa shape index (κ2) is 7.78. The largest absolute Gasteiger partial charge is 0.493 e. The Hall–Kier alpha value is -2.89. The summed E-state index contributed by atoms with van der Waals surface area (Å²) in [5.74, 6) is -0.114. The molecule has 0 aliphatic heterocycles. The zero-order chi connectivity index (χ0) is 20.4. The Kier molecular flexibility index (Phi) is 5.88. The molecule has 2 rings (SSSR count). The first-order chi connectivity index (χ1) is 12.6. The quantitative estimate of drug-likeness (QED) is 0.603. The third kappa shape index (κ3) is 4.27. The molecule has 0 bridgehead atoms. The van der Waals surface area contributed by atoms with E-state index >= 15 is 0 Å². The van der Waals surface area contributed by atoms with Gasteiger partial charge in [0.05, 0.1) is 33.3 Å². The van der Waals surface area contributed by atoms with E-state index in [0.29, 0.717) is 16.7 Å². The van der Waals surface area contributed by atoms with Gasteiger partial charge >= 0.3 is 0 Å². The van der Waals surface area contributed by atoms with Crippen molar-refractivity contribution in [3.8, 4) is 17.8 Å². The van der Waals surface area contributed by atoms with E-state index in [9.17, 15) is 13.5 Å². The van der Waals surface area contributed by atoms with Crippen LogP contribution in [-0.2, 0) is 9.84 Å². The van der Waals surface area contributed by atoms with Gasteiger partial charge in [-0.1, -0.05) is 24.3 Å². The fourth-order valence-corrected chi connectivity index (χ4v) is 3.11. The number of aromatic nitrogens is 3. The van der Waals surface area contributed by atoms with Crippen LogP contribution in [0.1, 0.15) is 19.4 Å². The monoisotopic (exact) mass is 404 g/mol. The number of hydrogen-bond donors (Lipinski definition) is 1. The van der Waals surface area contributed by atoms with Crippen molar-refractivity contribution in [1.29, 1.82) is 5.26 Å². The van der Waals surface area contributed by atoms with E-state index in [4.69, 9.17) is 16.9 Å². The number of nitrogens with zero attached hydrogens (tertiary/aromatic N) is 4. The van der Waals surface area contributed by atoms with Crippen molar-refractivity contribution in [2.24, 2.45) is 0 Å². The molecule has 2 aromatic heterocycles. The highest BCUT2D eigenvalue weighted by Crippen LogP contribution is 2.31. The van der Waals surface area contributed by atoms with Crippen LogP contribution in [-0.4, -0.2) is 34.5 Å². The molecule has 0 spiro atoms. The van der Waals surface area contributed by atoms with E-state index in [2.05, 4.69) is 16.7 Å². The lowest BCUT2D eigenvalue weighted by atomic mass is 10.0. The standard InChI is InChI=1S/C18H17ClN4O3S/c1-5-13(8-20)6-11(2)12(3)15-10-22-23(18(15)24)17-16(19)7-14(9-21-17)27(4,25)26/h5-7,9-10,24H,1H2,2-4H3/b12-11+,13-6+. The smallest absolute Gasteiger partial charge is 0.223 e. The summed E-state index contributed by atoms with van der Waals surface area (Å²) in [4.78, 5) is 3.98. The molecule has 1 N–H and O–H groups in total. The van der Waals surface area contributed by atoms with Crippen molar-refractivity contribution in [3.05, 3.63) is 58.9 Å². The van der Waals surface area contributed by atoms with Gasteiger partial charge in [0.25, 0.3) is 0 Å². The lowest BCUT2D eigenvalue weighted by molar-refractivity contribution is 0.430. The van der Waals surface area contributed by atoms with E-state index in [1.165, 1.54) is 18.3 Å². The van der Waals surface area contributed by atoms with Gasteiger partial charge < -0.3 is 5.11 Å². The zero-order valence-electron chi connectivity index (χ0n) is 14.9. The third-order valence-electron chi connectivity index (χ3n) is 3.89. The molecule has 9 heteroatoms. The maximum absolute atomic E-state index is 11.6. The molecule has 7 nitrogen and oxygen atoms in total.